The van der Waals surface area contributed by atoms with Crippen LogP contribution in [-0.4, -0.2) is 79.3 Å². The Balaban J connectivity index is 0.000000622. The highest BCUT2D eigenvalue weighted by molar-refractivity contribution is 5.79. The molecule has 2 N–H and O–H groups in total. The summed E-state index contributed by atoms with van der Waals surface area (Å²) in [5.41, 5.74) is 5.91. The number of aliphatic carboxylic acids is 2. The quantitative estimate of drug-likeness (QED) is 0.0658. The van der Waals surface area contributed by atoms with Crippen molar-refractivity contribution in [3.8, 4) is 11.1 Å². The van der Waals surface area contributed by atoms with Crippen LogP contribution >= 0.6 is 0 Å². The highest BCUT2D eigenvalue weighted by atomic mass is 16.9. The van der Waals surface area contributed by atoms with Crippen molar-refractivity contribution in [2.75, 3.05) is 33.9 Å². The maximum Gasteiger partial charge on any atom is 0.409 e. The molecular formula is C46H45NO10. The number of aldehydes is 1. The molecule has 1 saturated heterocycles. The molecule has 2 atom stereocenters. The summed E-state index contributed by atoms with van der Waals surface area (Å²) < 4.78 is 25.6. The molecule has 7 rings (SSSR count). The minimum absolute atomic E-state index is 0.0831. The van der Waals surface area contributed by atoms with Crippen LogP contribution in [0.2, 0.25) is 0 Å². The Bertz CT molecular complexity index is 1980. The lowest BCUT2D eigenvalue weighted by Gasteiger charge is -2.46. The fraction of sp³-hybridized carbons (Fsp3) is 0.261. The van der Waals surface area contributed by atoms with E-state index in [1.807, 2.05) is 115 Å². The largest absolute Gasteiger partial charge is 0.481 e. The monoisotopic (exact) mass is 771 g/mol. The number of benzene rings is 5. The van der Waals surface area contributed by atoms with Gasteiger partial charge in [-0.25, -0.2) is 4.79 Å². The number of likely N-dealkylation sites (tertiary alicyclic amines) is 1. The highest BCUT2D eigenvalue weighted by Crippen LogP contribution is 2.48. The lowest BCUT2D eigenvalue weighted by Crippen LogP contribution is -2.54. The third-order valence-corrected chi connectivity index (χ3v) is 10.5. The zero-order valence-corrected chi connectivity index (χ0v) is 31.7. The standard InChI is InChI=1S/C42H39NO6.C4H6O4/c1-46-42(47-2,49-41(31-16-6-3-7-17-31,32-18-8-4-9-19-32)33-20-10-5-11-21-33)39-27-43(26-30(39)28-44)40(45)48-29-38-36-24-14-12-22-34(36)35-23-13-15-25-37(35)38;5-3(6)1-2-4(7)8/h3-25,28,30,38-39H,26-27,29H2,1-2H3;1-2H2,(H,5,6)(H,7,8)/t30-,39+;/m1./s1. The average molecular weight is 772 g/mol. The molecule has 57 heavy (non-hydrogen) atoms. The fourth-order valence-electron chi connectivity index (χ4n) is 7.84. The van der Waals surface area contributed by atoms with Crippen LogP contribution in [0.15, 0.2) is 140 Å². The van der Waals surface area contributed by atoms with Crippen LogP contribution < -0.4 is 0 Å². The van der Waals surface area contributed by atoms with Crippen molar-refractivity contribution in [3.63, 3.8) is 0 Å². The van der Waals surface area contributed by atoms with Crippen molar-refractivity contribution in [1.82, 2.24) is 4.90 Å². The van der Waals surface area contributed by atoms with E-state index >= 15 is 0 Å². The summed E-state index contributed by atoms with van der Waals surface area (Å²) in [5.74, 6) is -5.32. The molecule has 0 bridgehead atoms. The molecule has 1 fully saturated rings. The van der Waals surface area contributed by atoms with Crippen LogP contribution in [0.3, 0.4) is 0 Å². The molecule has 5 aromatic carbocycles. The minimum Gasteiger partial charge on any atom is -0.481 e. The smallest absolute Gasteiger partial charge is 0.409 e. The second kappa shape index (κ2) is 18.2. The van der Waals surface area contributed by atoms with E-state index in [0.29, 0.717) is 0 Å². The number of carbonyl (C=O) groups excluding carboxylic acids is 2. The van der Waals surface area contributed by atoms with Crippen LogP contribution in [0.25, 0.3) is 11.1 Å². The van der Waals surface area contributed by atoms with E-state index in [0.717, 1.165) is 45.2 Å². The Kier molecular flexibility index (Phi) is 12.9. The van der Waals surface area contributed by atoms with Crippen molar-refractivity contribution < 1.29 is 48.3 Å². The predicted octanol–water partition coefficient (Wildman–Crippen LogP) is 7.57. The lowest BCUT2D eigenvalue weighted by molar-refractivity contribution is -0.412. The van der Waals surface area contributed by atoms with Gasteiger partial charge in [0, 0.05) is 39.1 Å². The van der Waals surface area contributed by atoms with E-state index in [1.165, 1.54) is 14.2 Å². The van der Waals surface area contributed by atoms with E-state index in [9.17, 15) is 19.2 Å². The number of fused-ring (bicyclic) bond motifs is 3. The molecule has 1 amide bonds. The Labute approximate surface area is 331 Å². The molecule has 11 heteroatoms. The zero-order valence-electron chi connectivity index (χ0n) is 31.7. The van der Waals surface area contributed by atoms with Gasteiger partial charge in [-0.05, 0) is 38.9 Å². The second-order valence-electron chi connectivity index (χ2n) is 13.8. The van der Waals surface area contributed by atoms with Crippen LogP contribution in [0.1, 0.15) is 46.6 Å². The molecular weight excluding hydrogens is 727 g/mol. The molecule has 11 nitrogen and oxygen atoms in total. The second-order valence-corrected chi connectivity index (χ2v) is 13.8. The van der Waals surface area contributed by atoms with E-state index < -0.39 is 41.4 Å². The molecule has 5 aromatic rings. The molecule has 1 aliphatic carbocycles. The first-order valence-corrected chi connectivity index (χ1v) is 18.6. The van der Waals surface area contributed by atoms with Crippen molar-refractivity contribution in [2.24, 2.45) is 11.8 Å². The van der Waals surface area contributed by atoms with Crippen molar-refractivity contribution in [1.29, 1.82) is 0 Å². The number of hydrogen-bond donors (Lipinski definition) is 2. The molecule has 0 aromatic heterocycles. The average Bonchev–Trinajstić information content (AvgIpc) is 3.84. The van der Waals surface area contributed by atoms with Gasteiger partial charge in [0.2, 0.25) is 0 Å². The summed E-state index contributed by atoms with van der Waals surface area (Å²) in [6, 6.07) is 46.1. The third kappa shape index (κ3) is 8.51. The van der Waals surface area contributed by atoms with Gasteiger partial charge in [-0.1, -0.05) is 140 Å². The van der Waals surface area contributed by atoms with Gasteiger partial charge < -0.3 is 38.9 Å². The molecule has 1 heterocycles. The topological polar surface area (TPSA) is 149 Å². The number of carbonyl (C=O) groups is 4. The van der Waals surface area contributed by atoms with E-state index in [1.54, 1.807) is 4.90 Å². The lowest BCUT2D eigenvalue weighted by atomic mass is 9.79. The molecule has 0 unspecified atom stereocenters. The molecule has 294 valence electrons. The normalized spacial score (nSPS) is 16.1. The Morgan fingerprint density at radius 2 is 1.07 bits per heavy atom. The van der Waals surface area contributed by atoms with Gasteiger partial charge in [0.05, 0.1) is 18.8 Å². The van der Waals surface area contributed by atoms with E-state index in [4.69, 9.17) is 29.2 Å². The van der Waals surface area contributed by atoms with Gasteiger partial charge in [0.15, 0.2) is 0 Å². The number of nitrogens with zero attached hydrogens (tertiary/aromatic N) is 1. The minimum atomic E-state index is -1.74. The fourth-order valence-corrected chi connectivity index (χ4v) is 7.84. The van der Waals surface area contributed by atoms with Crippen LogP contribution in [0.5, 0.6) is 0 Å². The van der Waals surface area contributed by atoms with Gasteiger partial charge in [-0.3, -0.25) is 9.59 Å². The Morgan fingerprint density at radius 3 is 1.47 bits per heavy atom. The molecule has 0 spiro atoms. The summed E-state index contributed by atoms with van der Waals surface area (Å²) >= 11 is 0. The number of rotatable bonds is 14. The summed E-state index contributed by atoms with van der Waals surface area (Å²) in [4.78, 5) is 47.3. The SMILES string of the molecule is COC(OC)(OC(c1ccccc1)(c1ccccc1)c1ccccc1)[C@H]1CN(C(=O)OCC2c3ccccc3-c3ccccc32)C[C@@H]1C=O.O=C(O)CCC(=O)O. The number of ether oxygens (including phenoxy) is 4. The Hall–Kier alpha value is -6.14. The van der Waals surface area contributed by atoms with Gasteiger partial charge >= 0.3 is 18.0 Å². The maximum absolute atomic E-state index is 13.8. The van der Waals surface area contributed by atoms with E-state index in [2.05, 4.69) is 24.3 Å². The van der Waals surface area contributed by atoms with Crippen molar-refractivity contribution >= 4 is 24.3 Å². The van der Waals surface area contributed by atoms with Crippen LogP contribution in [0.4, 0.5) is 4.79 Å². The summed E-state index contributed by atoms with van der Waals surface area (Å²) in [6.07, 6.45) is -0.241. The Morgan fingerprint density at radius 1 is 0.649 bits per heavy atom. The maximum atomic E-state index is 13.8. The summed E-state index contributed by atoms with van der Waals surface area (Å²) in [7, 11) is 3.01. The third-order valence-electron chi connectivity index (χ3n) is 10.5. The molecule has 1 aliphatic heterocycles. The number of hydrogen-bond acceptors (Lipinski definition) is 8. The van der Waals surface area contributed by atoms with Gasteiger partial charge in [-0.2, -0.15) is 0 Å². The number of carboxylic acids is 2. The van der Waals surface area contributed by atoms with Crippen molar-refractivity contribution in [2.45, 2.75) is 30.3 Å². The van der Waals surface area contributed by atoms with Crippen molar-refractivity contribution in [3.05, 3.63) is 167 Å². The number of methoxy groups -OCH3 is 2. The van der Waals surface area contributed by atoms with Gasteiger partial charge in [0.25, 0.3) is 5.97 Å². The first-order chi connectivity index (χ1) is 27.7. The number of carboxylic acid groups (broad SMARTS) is 2. The summed E-state index contributed by atoms with van der Waals surface area (Å²) in [6.45, 7) is 0.434. The first kappa shape index (κ1) is 40.5. The highest BCUT2D eigenvalue weighted by Gasteiger charge is 2.56. The van der Waals surface area contributed by atoms with E-state index in [-0.39, 0.29) is 38.5 Å². The predicted molar refractivity (Wildman–Crippen MR) is 211 cm³/mol. The number of amides is 1. The molecule has 0 saturated carbocycles. The van der Waals surface area contributed by atoms with Crippen LogP contribution in [-0.2, 0) is 38.9 Å². The van der Waals surface area contributed by atoms with Gasteiger partial charge in [-0.15, -0.1) is 0 Å². The van der Waals surface area contributed by atoms with Crippen LogP contribution in [0, 0.1) is 11.8 Å². The zero-order chi connectivity index (χ0) is 40.4. The molecule has 2 aliphatic rings. The first-order valence-electron chi connectivity index (χ1n) is 18.6. The molecule has 0 radical (unpaired) electrons. The summed E-state index contributed by atoms with van der Waals surface area (Å²) in [5, 5.41) is 15.8. The van der Waals surface area contributed by atoms with Gasteiger partial charge in [0.1, 0.15) is 18.5 Å².